The smallest absolute Gasteiger partial charge is 0.355 e. The van der Waals surface area contributed by atoms with Gasteiger partial charge in [0.05, 0.1) is 16.3 Å². The second-order valence-corrected chi connectivity index (χ2v) is 10.0. The van der Waals surface area contributed by atoms with E-state index in [1.807, 2.05) is 48.5 Å². The number of nitrogens with zero attached hydrogens (tertiary/aromatic N) is 1. The molecule has 34 heavy (non-hydrogen) atoms. The number of carbonyl (C=O) groups is 2. The Labute approximate surface area is 212 Å². The minimum atomic E-state index is -0.534. The molecule has 1 amide bonds. The van der Waals surface area contributed by atoms with Crippen LogP contribution in [0.5, 0.6) is 5.75 Å². The van der Waals surface area contributed by atoms with Crippen molar-refractivity contribution in [2.45, 2.75) is 0 Å². The first-order valence-electron chi connectivity index (χ1n) is 10.0. The molecule has 2 aromatic heterocycles. The number of ether oxygens (including phenoxy) is 1. The maximum Gasteiger partial charge on any atom is 0.355 e. The maximum atomic E-state index is 12.7. The summed E-state index contributed by atoms with van der Waals surface area (Å²) in [5.74, 6) is -0.598. The summed E-state index contributed by atoms with van der Waals surface area (Å²) in [6, 6.07) is 21.9. The summed E-state index contributed by atoms with van der Waals surface area (Å²) in [5.41, 5.74) is 3.13. The quantitative estimate of drug-likeness (QED) is 0.113. The second-order valence-electron chi connectivity index (χ2n) is 7.14. The fourth-order valence-electron chi connectivity index (χ4n) is 3.33. The SMILES string of the molecule is O=C(N/N=C/c1cccc(OC(=O)c2sc3ccccc3c2Cl)c1)c1sc2ccccc2c1Cl. The van der Waals surface area contributed by atoms with Crippen LogP contribution in [0.4, 0.5) is 0 Å². The van der Waals surface area contributed by atoms with Gasteiger partial charge >= 0.3 is 5.97 Å². The summed E-state index contributed by atoms with van der Waals surface area (Å²) in [5, 5.41) is 6.45. The summed E-state index contributed by atoms with van der Waals surface area (Å²) in [6.07, 6.45) is 1.46. The van der Waals surface area contributed by atoms with Gasteiger partial charge in [-0.05, 0) is 29.8 Å². The van der Waals surface area contributed by atoms with Crippen molar-refractivity contribution >= 4 is 84.1 Å². The first kappa shape index (κ1) is 22.6. The molecule has 0 spiro atoms. The number of hydrazone groups is 1. The molecule has 9 heteroatoms. The topological polar surface area (TPSA) is 67.8 Å². The number of hydrogen-bond donors (Lipinski definition) is 1. The van der Waals surface area contributed by atoms with Gasteiger partial charge in [-0.1, -0.05) is 71.7 Å². The van der Waals surface area contributed by atoms with E-state index in [1.54, 1.807) is 24.3 Å². The van der Waals surface area contributed by atoms with Crippen molar-refractivity contribution in [3.05, 3.63) is 98.2 Å². The molecule has 0 aliphatic carbocycles. The van der Waals surface area contributed by atoms with Gasteiger partial charge in [0.25, 0.3) is 5.91 Å². The summed E-state index contributed by atoms with van der Waals surface area (Å²) in [7, 11) is 0. The van der Waals surface area contributed by atoms with E-state index in [4.69, 9.17) is 27.9 Å². The van der Waals surface area contributed by atoms with Crippen LogP contribution in [-0.2, 0) is 0 Å². The molecule has 0 fully saturated rings. The number of esters is 1. The van der Waals surface area contributed by atoms with E-state index in [2.05, 4.69) is 10.5 Å². The molecule has 0 saturated heterocycles. The van der Waals surface area contributed by atoms with Crippen LogP contribution in [0.3, 0.4) is 0 Å². The third kappa shape index (κ3) is 4.43. The number of benzene rings is 3. The Bertz CT molecular complexity index is 1590. The third-order valence-corrected chi connectivity index (χ3v) is 8.24. The highest BCUT2D eigenvalue weighted by atomic mass is 35.5. The Balaban J connectivity index is 1.28. The first-order valence-corrected chi connectivity index (χ1v) is 12.4. The molecule has 1 N–H and O–H groups in total. The van der Waals surface area contributed by atoms with E-state index < -0.39 is 11.9 Å². The Hall–Kier alpha value is -3.23. The molecule has 3 aromatic carbocycles. The van der Waals surface area contributed by atoms with E-state index >= 15 is 0 Å². The van der Waals surface area contributed by atoms with E-state index in [-0.39, 0.29) is 0 Å². The predicted molar refractivity (Wildman–Crippen MR) is 140 cm³/mol. The van der Waals surface area contributed by atoms with Gasteiger partial charge in [0.15, 0.2) is 0 Å². The molecule has 5 rings (SSSR count). The average molecular weight is 525 g/mol. The number of amides is 1. The number of fused-ring (bicyclic) bond motifs is 2. The molecule has 0 aliphatic heterocycles. The van der Waals surface area contributed by atoms with Crippen molar-refractivity contribution in [3.63, 3.8) is 0 Å². The molecule has 5 nitrogen and oxygen atoms in total. The Kier molecular flexibility index (Phi) is 6.34. The van der Waals surface area contributed by atoms with Gasteiger partial charge in [-0.3, -0.25) is 4.79 Å². The van der Waals surface area contributed by atoms with Crippen molar-refractivity contribution in [1.82, 2.24) is 5.43 Å². The van der Waals surface area contributed by atoms with Crippen LogP contribution in [0.25, 0.3) is 20.2 Å². The van der Waals surface area contributed by atoms with Gasteiger partial charge in [0, 0.05) is 20.2 Å². The molecule has 2 heterocycles. The lowest BCUT2D eigenvalue weighted by molar-refractivity contribution is 0.0740. The van der Waals surface area contributed by atoms with Gasteiger partial charge in [-0.25, -0.2) is 10.2 Å². The normalized spacial score (nSPS) is 11.4. The Morgan fingerprint density at radius 3 is 2.12 bits per heavy atom. The van der Waals surface area contributed by atoms with Crippen LogP contribution in [0.1, 0.15) is 24.9 Å². The number of thiophene rings is 2. The second kappa shape index (κ2) is 9.56. The Morgan fingerprint density at radius 2 is 1.44 bits per heavy atom. The van der Waals surface area contributed by atoms with Crippen molar-refractivity contribution < 1.29 is 14.3 Å². The molecule has 0 atom stereocenters. The number of nitrogens with one attached hydrogen (secondary N) is 1. The summed E-state index contributed by atoms with van der Waals surface area (Å²) < 4.78 is 7.36. The highest BCUT2D eigenvalue weighted by Crippen LogP contribution is 2.36. The lowest BCUT2D eigenvalue weighted by Gasteiger charge is -2.04. The molecule has 5 aromatic rings. The van der Waals surface area contributed by atoms with Crippen LogP contribution in [0.2, 0.25) is 10.0 Å². The zero-order valence-electron chi connectivity index (χ0n) is 17.2. The third-order valence-electron chi connectivity index (χ3n) is 4.91. The minimum absolute atomic E-state index is 0.335. The van der Waals surface area contributed by atoms with Gasteiger partial charge in [-0.2, -0.15) is 5.10 Å². The van der Waals surface area contributed by atoms with Crippen LogP contribution in [0, 0.1) is 0 Å². The lowest BCUT2D eigenvalue weighted by atomic mass is 10.2. The maximum absolute atomic E-state index is 12.7. The number of halogens is 2. The molecule has 0 unspecified atom stereocenters. The van der Waals surface area contributed by atoms with Crippen LogP contribution in [-0.4, -0.2) is 18.1 Å². The zero-order valence-corrected chi connectivity index (χ0v) is 20.4. The van der Waals surface area contributed by atoms with E-state index in [9.17, 15) is 9.59 Å². The fourth-order valence-corrected chi connectivity index (χ4v) is 6.13. The minimum Gasteiger partial charge on any atom is -0.422 e. The van der Waals surface area contributed by atoms with Crippen LogP contribution >= 0.6 is 45.9 Å². The predicted octanol–water partition coefficient (Wildman–Crippen LogP) is 7.41. The zero-order chi connectivity index (χ0) is 23.7. The van der Waals surface area contributed by atoms with Crippen molar-refractivity contribution in [2.24, 2.45) is 5.10 Å². The molecule has 0 saturated carbocycles. The molecular formula is C25H14Cl2N2O3S2. The molecule has 0 radical (unpaired) electrons. The lowest BCUT2D eigenvalue weighted by Crippen LogP contribution is -2.16. The highest BCUT2D eigenvalue weighted by Gasteiger charge is 2.19. The summed E-state index contributed by atoms with van der Waals surface area (Å²) >= 11 is 15.3. The summed E-state index contributed by atoms with van der Waals surface area (Å²) in [6.45, 7) is 0. The van der Waals surface area contributed by atoms with Gasteiger partial charge < -0.3 is 4.74 Å². The van der Waals surface area contributed by atoms with E-state index in [1.165, 1.54) is 28.9 Å². The standard InChI is InChI=1S/C25H14Cl2N2O3S2/c26-20-16-8-1-3-10-18(16)33-22(20)24(30)29-28-13-14-6-5-7-15(12-14)32-25(31)23-21(27)17-9-2-4-11-19(17)34-23/h1-13H,(H,29,30)/b28-13+. The molecule has 0 aliphatic rings. The fraction of sp³-hybridized carbons (Fsp3) is 0. The first-order chi connectivity index (χ1) is 16.5. The molecule has 168 valence electrons. The van der Waals surface area contributed by atoms with Crippen LogP contribution in [0.15, 0.2) is 77.9 Å². The summed E-state index contributed by atoms with van der Waals surface area (Å²) in [4.78, 5) is 25.9. The van der Waals surface area contributed by atoms with Gasteiger partial charge in [0.2, 0.25) is 0 Å². The average Bonchev–Trinajstić information content (AvgIpc) is 3.37. The van der Waals surface area contributed by atoms with Gasteiger partial charge in [-0.15, -0.1) is 22.7 Å². The monoisotopic (exact) mass is 524 g/mol. The van der Waals surface area contributed by atoms with E-state index in [0.717, 1.165) is 20.2 Å². The molecule has 0 bridgehead atoms. The number of rotatable bonds is 5. The molecular weight excluding hydrogens is 511 g/mol. The Morgan fingerprint density at radius 1 is 0.824 bits per heavy atom. The van der Waals surface area contributed by atoms with E-state index in [0.29, 0.717) is 31.1 Å². The van der Waals surface area contributed by atoms with Crippen molar-refractivity contribution in [2.75, 3.05) is 0 Å². The highest BCUT2D eigenvalue weighted by molar-refractivity contribution is 7.22. The largest absolute Gasteiger partial charge is 0.422 e. The number of hydrogen-bond acceptors (Lipinski definition) is 6. The van der Waals surface area contributed by atoms with Gasteiger partial charge in [0.1, 0.15) is 15.5 Å². The van der Waals surface area contributed by atoms with Crippen LogP contribution < -0.4 is 10.2 Å². The number of carbonyl (C=O) groups excluding carboxylic acids is 2. The van der Waals surface area contributed by atoms with Crippen molar-refractivity contribution in [3.8, 4) is 5.75 Å². The van der Waals surface area contributed by atoms with Crippen molar-refractivity contribution in [1.29, 1.82) is 0 Å².